The minimum absolute atomic E-state index is 0. The second-order valence-electron chi connectivity index (χ2n) is 17.8. The standard InChI is InChI=1S/C39H36N3O.C15H18GeN.Ir/c1-23(2)28-18-19-30(37-35(28)29-15-12-20-40-39(29)43-37)38-41-33-16-10-11-17-34(33)42(38)36-31(24(3)4)21-27(22-32(36)25(5)6)26-13-8-7-9-14-26;1-12-5-7-13(8-6-12)15-10-9-14(11-17-15)16(2,3)4;/h7-18,20-25H,1-6H3;5-7,9-11H,1-4H3;/q2*-1;. The molecule has 0 saturated heterocycles. The maximum Gasteiger partial charge on any atom is 0 e. The number of fused-ring (bicyclic) bond motifs is 4. The smallest absolute Gasteiger partial charge is 0 e. The van der Waals surface area contributed by atoms with Gasteiger partial charge in [0.25, 0.3) is 0 Å². The molecule has 0 bridgehead atoms. The summed E-state index contributed by atoms with van der Waals surface area (Å²) in [6.45, 7) is 15.6. The Labute approximate surface area is 377 Å². The van der Waals surface area contributed by atoms with Crippen LogP contribution in [-0.2, 0) is 20.1 Å². The van der Waals surface area contributed by atoms with Crippen LogP contribution in [0.5, 0.6) is 0 Å². The molecule has 5 aromatic carbocycles. The maximum absolute atomic E-state index is 6.55. The van der Waals surface area contributed by atoms with E-state index in [4.69, 9.17) is 9.40 Å². The molecule has 4 heterocycles. The van der Waals surface area contributed by atoms with Crippen LogP contribution in [0.15, 0.2) is 132 Å². The molecule has 0 aliphatic carbocycles. The van der Waals surface area contributed by atoms with Crippen LogP contribution in [0.2, 0.25) is 17.3 Å². The Kier molecular flexibility index (Phi) is 13.0. The molecular formula is C54H54GeIrN4O-2. The van der Waals surface area contributed by atoms with Crippen LogP contribution in [0.1, 0.15) is 81.5 Å². The molecule has 0 aliphatic rings. The molecular weight excluding hydrogens is 985 g/mol. The van der Waals surface area contributed by atoms with Gasteiger partial charge in [-0.3, -0.25) is 4.98 Å². The van der Waals surface area contributed by atoms with Gasteiger partial charge in [0.2, 0.25) is 5.71 Å². The minimum Gasteiger partial charge on any atom is 0 e. The van der Waals surface area contributed by atoms with Crippen LogP contribution >= 0.6 is 0 Å². The first-order valence-corrected chi connectivity index (χ1v) is 28.5. The maximum atomic E-state index is 6.55. The van der Waals surface area contributed by atoms with E-state index in [9.17, 15) is 0 Å². The molecule has 0 N–H and O–H groups in total. The predicted molar refractivity (Wildman–Crippen MR) is 254 cm³/mol. The van der Waals surface area contributed by atoms with Crippen LogP contribution in [0.4, 0.5) is 0 Å². The van der Waals surface area contributed by atoms with Crippen molar-refractivity contribution in [3.8, 4) is 39.5 Å². The predicted octanol–water partition coefficient (Wildman–Crippen LogP) is 14.2. The molecule has 61 heavy (non-hydrogen) atoms. The first-order chi connectivity index (χ1) is 28.8. The zero-order chi connectivity index (χ0) is 42.3. The summed E-state index contributed by atoms with van der Waals surface area (Å²) in [5.41, 5.74) is 15.0. The van der Waals surface area contributed by atoms with Gasteiger partial charge in [-0.15, -0.1) is 17.7 Å². The second kappa shape index (κ2) is 18.1. The van der Waals surface area contributed by atoms with E-state index < -0.39 is 13.3 Å². The number of rotatable bonds is 8. The van der Waals surface area contributed by atoms with Gasteiger partial charge in [-0.05, 0) is 70.5 Å². The summed E-state index contributed by atoms with van der Waals surface area (Å²) in [7, 11) is 0. The zero-order valence-electron chi connectivity index (χ0n) is 36.9. The number of pyridine rings is 2. The van der Waals surface area contributed by atoms with Crippen LogP contribution in [0.25, 0.3) is 72.6 Å². The first-order valence-electron chi connectivity index (χ1n) is 21.2. The average Bonchev–Trinajstić information content (AvgIpc) is 3.83. The number of aryl methyl sites for hydroxylation is 1. The van der Waals surface area contributed by atoms with Gasteiger partial charge in [0, 0.05) is 37.4 Å². The fraction of sp³-hybridized carbons (Fsp3) is 0.241. The quantitative estimate of drug-likeness (QED) is 0.112. The molecule has 0 aliphatic heterocycles. The molecule has 4 aromatic heterocycles. The fourth-order valence-electron chi connectivity index (χ4n) is 8.00. The van der Waals surface area contributed by atoms with Crippen molar-refractivity contribution in [1.82, 2.24) is 19.5 Å². The normalized spacial score (nSPS) is 11.8. The monoisotopic (exact) mass is 1040 g/mol. The molecule has 5 nitrogen and oxygen atoms in total. The van der Waals surface area contributed by atoms with Crippen LogP contribution in [0, 0.1) is 19.1 Å². The van der Waals surface area contributed by atoms with Crippen molar-refractivity contribution in [3.63, 3.8) is 0 Å². The van der Waals surface area contributed by atoms with E-state index in [1.165, 1.54) is 43.5 Å². The van der Waals surface area contributed by atoms with E-state index >= 15 is 0 Å². The van der Waals surface area contributed by atoms with Gasteiger partial charge in [-0.25, -0.2) is 4.98 Å². The van der Waals surface area contributed by atoms with Crippen molar-refractivity contribution < 1.29 is 24.5 Å². The number of benzene rings is 5. The number of nitrogens with zero attached hydrogens (tertiary/aromatic N) is 4. The Morgan fingerprint density at radius 1 is 0.672 bits per heavy atom. The Hall–Kier alpha value is -5.14. The number of imidazole rings is 1. The first kappa shape index (κ1) is 43.9. The third-order valence-corrected chi connectivity index (χ3v) is 15.6. The SMILES string of the molecule is CC(C)c1cc(-c2ccccc2)cc(C(C)C)c1-n1c(-c2[c-]cc(C(C)C)c3c2oc2ncccc23)nc2ccccc21.Cc1c[c-]c(-c2cc[c]([Ge]([CH3])([CH3])[CH3])cn2)cc1.[Ir]. The number of hydrogen-bond donors (Lipinski definition) is 0. The molecule has 0 spiro atoms. The molecule has 9 rings (SSSR count). The van der Waals surface area contributed by atoms with Gasteiger partial charge in [0.1, 0.15) is 0 Å². The Morgan fingerprint density at radius 2 is 1.36 bits per heavy atom. The Bertz CT molecular complexity index is 2910. The molecule has 0 saturated carbocycles. The largest absolute Gasteiger partial charge is 0 e. The summed E-state index contributed by atoms with van der Waals surface area (Å²) in [4.78, 5) is 14.4. The van der Waals surface area contributed by atoms with E-state index in [0.29, 0.717) is 11.6 Å². The number of hydrogen-bond acceptors (Lipinski definition) is 4. The van der Waals surface area contributed by atoms with Gasteiger partial charge >= 0.3 is 106 Å². The second-order valence-corrected chi connectivity index (χ2v) is 28.5. The third-order valence-electron chi connectivity index (χ3n) is 11.4. The van der Waals surface area contributed by atoms with Crippen molar-refractivity contribution in [3.05, 3.63) is 162 Å². The topological polar surface area (TPSA) is 56.7 Å². The Balaban J connectivity index is 0.000000262. The van der Waals surface area contributed by atoms with E-state index in [2.05, 4.69) is 196 Å². The van der Waals surface area contributed by atoms with Crippen molar-refractivity contribution in [1.29, 1.82) is 0 Å². The van der Waals surface area contributed by atoms with Crippen LogP contribution in [0.3, 0.4) is 0 Å². The number of aromatic nitrogens is 4. The van der Waals surface area contributed by atoms with Gasteiger partial charge in [-0.1, -0.05) is 101 Å². The van der Waals surface area contributed by atoms with Crippen molar-refractivity contribution in [2.45, 2.75) is 83.5 Å². The fourth-order valence-corrected chi connectivity index (χ4v) is 10.2. The summed E-state index contributed by atoms with van der Waals surface area (Å²) < 4.78 is 10.4. The number of furan rings is 1. The molecule has 1 radical (unpaired) electrons. The third kappa shape index (κ3) is 8.82. The van der Waals surface area contributed by atoms with Crippen molar-refractivity contribution in [2.24, 2.45) is 0 Å². The Morgan fingerprint density at radius 3 is 1.98 bits per heavy atom. The molecule has 0 amide bonds. The minimum atomic E-state index is -1.73. The van der Waals surface area contributed by atoms with Crippen molar-refractivity contribution in [2.75, 3.05) is 0 Å². The molecule has 0 atom stereocenters. The van der Waals surface area contributed by atoms with Crippen molar-refractivity contribution >= 4 is 50.8 Å². The summed E-state index contributed by atoms with van der Waals surface area (Å²) in [6.07, 6.45) is 3.83. The van der Waals surface area contributed by atoms with E-state index in [-0.39, 0.29) is 31.9 Å². The molecule has 311 valence electrons. The molecule has 9 aromatic rings. The van der Waals surface area contributed by atoms with Crippen LogP contribution in [-0.4, -0.2) is 32.8 Å². The molecule has 0 unspecified atom stereocenters. The van der Waals surface area contributed by atoms with Crippen LogP contribution < -0.4 is 4.40 Å². The summed E-state index contributed by atoms with van der Waals surface area (Å²) >= 11 is -1.73. The average molecular weight is 1040 g/mol. The molecule has 0 fully saturated rings. The van der Waals surface area contributed by atoms with E-state index in [0.717, 1.165) is 50.0 Å². The molecule has 7 heteroatoms. The summed E-state index contributed by atoms with van der Waals surface area (Å²) in [5.74, 6) is 8.86. The van der Waals surface area contributed by atoms with E-state index in [1.54, 1.807) is 6.20 Å². The summed E-state index contributed by atoms with van der Waals surface area (Å²) in [6, 6.07) is 47.5. The van der Waals surface area contributed by atoms with Gasteiger partial charge in [0.15, 0.2) is 0 Å². The summed E-state index contributed by atoms with van der Waals surface area (Å²) in [5, 5.41) is 2.12. The number of para-hydroxylation sites is 2. The van der Waals surface area contributed by atoms with Gasteiger partial charge in [-0.2, -0.15) is 0 Å². The van der Waals surface area contributed by atoms with Gasteiger partial charge in [0.05, 0.1) is 22.4 Å². The zero-order valence-corrected chi connectivity index (χ0v) is 41.4. The van der Waals surface area contributed by atoms with Gasteiger partial charge < -0.3 is 8.98 Å². The van der Waals surface area contributed by atoms with E-state index in [1.807, 2.05) is 18.3 Å².